The summed E-state index contributed by atoms with van der Waals surface area (Å²) in [6.45, 7) is 36.0. The van der Waals surface area contributed by atoms with Crippen molar-refractivity contribution in [3.8, 4) is 0 Å². The van der Waals surface area contributed by atoms with E-state index in [4.69, 9.17) is 19.7 Å². The molecule has 754 valence electrons. The number of aryl methyl sites for hydroxylation is 5. The minimum atomic E-state index is -0.533. The van der Waals surface area contributed by atoms with E-state index in [0.717, 1.165) is 161 Å². The molecule has 0 saturated carbocycles. The average Bonchev–Trinajstić information content (AvgIpc) is 0.731. The number of hydrogen-bond donors (Lipinski definition) is 0. The first kappa shape index (κ1) is 99.0. The molecule has 0 amide bonds. The summed E-state index contributed by atoms with van der Waals surface area (Å²) in [6, 6.07) is 147. The van der Waals surface area contributed by atoms with Crippen molar-refractivity contribution in [1.29, 1.82) is 0 Å². The Labute approximate surface area is 898 Å². The molecule has 0 heterocycles. The molecule has 15 aromatic rings. The van der Waals surface area contributed by atoms with E-state index in [1.165, 1.54) is 184 Å². The summed E-state index contributed by atoms with van der Waals surface area (Å²) in [5.74, 6) is 4.10. The van der Waals surface area contributed by atoms with Crippen molar-refractivity contribution < 1.29 is 0 Å². The molecule has 0 heteroatoms. The summed E-state index contributed by atoms with van der Waals surface area (Å²) in [6.07, 6.45) is 35.8. The van der Waals surface area contributed by atoms with E-state index in [0.29, 0.717) is 23.7 Å². The zero-order valence-corrected chi connectivity index (χ0v) is 89.8. The Hall–Kier alpha value is -13.0. The molecule has 36 aliphatic rings. The normalized spacial score (nSPS) is 27.4. The Bertz CT molecular complexity index is 7350. The van der Waals surface area contributed by atoms with Gasteiger partial charge in [0.25, 0.3) is 0 Å². The van der Waals surface area contributed by atoms with E-state index >= 15 is 0 Å². The van der Waals surface area contributed by atoms with Gasteiger partial charge in [-0.1, -0.05) is 444 Å². The summed E-state index contributed by atoms with van der Waals surface area (Å²) in [5, 5.41) is 0. The summed E-state index contributed by atoms with van der Waals surface area (Å²) in [4.78, 5) is 0. The van der Waals surface area contributed by atoms with Gasteiger partial charge in [0.05, 0.1) is 0 Å². The molecule has 2 spiro atoms. The first-order chi connectivity index (χ1) is 73.3. The summed E-state index contributed by atoms with van der Waals surface area (Å²) >= 11 is 0. The first-order valence-corrected chi connectivity index (χ1v) is 58.1. The molecule has 0 aliphatic heterocycles. The van der Waals surface area contributed by atoms with Gasteiger partial charge in [-0.05, 0) is 445 Å². The molecule has 15 aromatic carbocycles. The van der Waals surface area contributed by atoms with Crippen LogP contribution in [0.25, 0.3) is 30.4 Å². The molecule has 0 N–H and O–H groups in total. The van der Waals surface area contributed by atoms with Crippen molar-refractivity contribution in [3.05, 3.63) is 562 Å². The molecule has 36 aliphatic carbocycles. The Kier molecular flexibility index (Phi) is 27.9. The number of benzene rings is 15. The highest BCUT2D eigenvalue weighted by Gasteiger charge is 2.48. The monoisotopic (exact) mass is 1960 g/mol. The molecule has 0 radical (unpaired) electrons. The quantitative estimate of drug-likeness (QED) is 0.135. The maximum atomic E-state index is 4.97. The van der Waals surface area contributed by atoms with Crippen LogP contribution in [0, 0.1) is 0 Å². The highest BCUT2D eigenvalue weighted by molar-refractivity contribution is 5.65. The second-order valence-corrected chi connectivity index (χ2v) is 49.0. The van der Waals surface area contributed by atoms with Gasteiger partial charge >= 0.3 is 0 Å². The summed E-state index contributed by atoms with van der Waals surface area (Å²) < 4.78 is 0. The van der Waals surface area contributed by atoms with Crippen molar-refractivity contribution in [3.63, 3.8) is 0 Å². The van der Waals surface area contributed by atoms with E-state index < -0.39 is 16.2 Å². The van der Waals surface area contributed by atoms with Crippen molar-refractivity contribution in [2.75, 3.05) is 0 Å². The van der Waals surface area contributed by atoms with Crippen LogP contribution in [0.15, 0.2) is 379 Å². The molecule has 0 nitrogen and oxygen atoms in total. The maximum Gasteiger partial charge on any atom is 0.0220 e. The van der Waals surface area contributed by atoms with Crippen molar-refractivity contribution >= 4 is 30.4 Å². The second-order valence-electron chi connectivity index (χ2n) is 49.0. The lowest BCUT2D eigenvalue weighted by molar-refractivity contribution is 0.315. The molecule has 51 rings (SSSR count). The van der Waals surface area contributed by atoms with Gasteiger partial charge in [0.2, 0.25) is 0 Å². The smallest absolute Gasteiger partial charge is 0.0220 e. The van der Waals surface area contributed by atoms with E-state index in [1.807, 2.05) is 12.2 Å². The van der Waals surface area contributed by atoms with Gasteiger partial charge in [-0.2, -0.15) is 0 Å². The minimum Gasteiger partial charge on any atom is -0.0985 e. The lowest BCUT2D eigenvalue weighted by Gasteiger charge is -2.46. The van der Waals surface area contributed by atoms with Crippen LogP contribution in [0.2, 0.25) is 0 Å². The zero-order chi connectivity index (χ0) is 102. The van der Waals surface area contributed by atoms with Crippen molar-refractivity contribution in [2.24, 2.45) is 0 Å². The SMILES string of the molecule is C=Cc1ccc(CCC2CC(c3ccc(C=C)cc3)CC3CC(C)c4ccc(c(C=C)c4)C4(C)CC(CC5CC(CCc6ccc(cc6)CCC6CC(CC(CC(C)c7ccc4cc7)c4ccc(cc4)C47CC(C)c8ccc(cc8)C(C)CC(CC8CC9CCc%10ccc(cc%10)CCC(CC(C4)c4ccc8cc4)(c4ccc6cc4)c4ccc9cc4C=C)c4ccc7c(C=C)c4)c4ccc5cc4)c4ccc2cc4)c2ccc3cc2)cc1. The predicted molar refractivity (Wildman–Crippen MR) is 635 cm³/mol. The van der Waals surface area contributed by atoms with E-state index in [2.05, 4.69) is 412 Å². The standard InChI is InChI=1S/C150H154/c1-11-102-16-18-104(19-17-102)30-36-127-86-136(118-34-28-103(12-2)29-35-118)91-134-82-100(8)126-66-75-145(109(13-3)83-126)148(10)95-140(124-56-52-119(134)53-57-124)93-139-88-128(116-46-44-115(127)45-47-116)37-31-105-20-22-106(23-21-105)32-38-129-87-137(120-48-50-122(139)51-49-120)90-133(80-98(6)113-60-69-142(148)70-61-113)123-64-73-144(74-65-123)150-94-101(9)114-42-40-112(41-43-114)99(7)81-135(132-68-77-147(150)111(15-5)85-132)92-138-89-130-39-33-107-24-26-108(27-25-107)78-79-149(143-71-62-117(129)63-72-143,146-76-67-131(130)84-110(146)14-4)96-141(97-150)125-58-54-121(138)55-59-125/h11-29,34-35,40-77,83-85,98-101,127-130,133-141H,1-5,30-33,36-39,78-82,86-97H2,6-10H3. The fraction of sp³-hybridized carbons (Fsp3) is 0.333. The van der Waals surface area contributed by atoms with Crippen LogP contribution in [-0.4, -0.2) is 0 Å². The topological polar surface area (TPSA) is 0 Å². The third-order valence-corrected chi connectivity index (χ3v) is 40.4. The zero-order valence-electron chi connectivity index (χ0n) is 89.8. The van der Waals surface area contributed by atoms with Crippen LogP contribution < -0.4 is 0 Å². The molecule has 20 unspecified atom stereocenters. The lowest BCUT2D eigenvalue weighted by Crippen LogP contribution is -2.37. The largest absolute Gasteiger partial charge is 0.0985 e. The maximum absolute atomic E-state index is 4.97. The Morgan fingerprint density at radius 3 is 0.987 bits per heavy atom. The predicted octanol–water partition coefficient (Wildman–Crippen LogP) is 39.6. The Balaban J connectivity index is 0.727. The third-order valence-electron chi connectivity index (χ3n) is 40.4. The van der Waals surface area contributed by atoms with Crippen LogP contribution in [-0.2, 0) is 48.3 Å². The molecule has 0 fully saturated rings. The summed E-state index contributed by atoms with van der Waals surface area (Å²) in [5.41, 5.74) is 44.8. The highest BCUT2D eigenvalue weighted by atomic mass is 14.5. The summed E-state index contributed by atoms with van der Waals surface area (Å²) in [7, 11) is 0. The molecular weight excluding hydrogens is 1800 g/mol. The molecule has 0 saturated heterocycles. The number of hydrogen-bond acceptors (Lipinski definition) is 0. The molecule has 40 bridgehead atoms. The van der Waals surface area contributed by atoms with E-state index in [-0.39, 0.29) is 76.9 Å². The lowest BCUT2D eigenvalue weighted by atomic mass is 9.57. The van der Waals surface area contributed by atoms with Gasteiger partial charge in [-0.25, -0.2) is 0 Å². The van der Waals surface area contributed by atoms with Crippen LogP contribution in [0.1, 0.15) is 447 Å². The fourth-order valence-corrected chi connectivity index (χ4v) is 31.4. The van der Waals surface area contributed by atoms with Gasteiger partial charge in [0.15, 0.2) is 0 Å². The minimum absolute atomic E-state index is 0.0652. The second kappa shape index (κ2) is 42.3. The van der Waals surface area contributed by atoms with Crippen molar-refractivity contribution in [1.82, 2.24) is 0 Å². The van der Waals surface area contributed by atoms with Gasteiger partial charge in [-0.3, -0.25) is 0 Å². The number of rotatable bonds is 9. The molecule has 20 atom stereocenters. The Morgan fingerprint density at radius 1 is 0.227 bits per heavy atom. The molecule has 0 aromatic heterocycles. The van der Waals surface area contributed by atoms with Gasteiger partial charge in [0.1, 0.15) is 0 Å². The van der Waals surface area contributed by atoms with Crippen LogP contribution in [0.5, 0.6) is 0 Å². The Morgan fingerprint density at radius 2 is 0.520 bits per heavy atom. The molecule has 150 heavy (non-hydrogen) atoms. The van der Waals surface area contributed by atoms with Crippen LogP contribution in [0.4, 0.5) is 0 Å². The van der Waals surface area contributed by atoms with Gasteiger partial charge in [-0.15, -0.1) is 0 Å². The average molecular weight is 1960 g/mol. The highest BCUT2D eigenvalue weighted by Crippen LogP contribution is 2.60. The first-order valence-electron chi connectivity index (χ1n) is 58.1. The van der Waals surface area contributed by atoms with Gasteiger partial charge in [0, 0.05) is 16.2 Å². The van der Waals surface area contributed by atoms with E-state index in [9.17, 15) is 0 Å². The molecular formula is C150H154. The van der Waals surface area contributed by atoms with Crippen molar-refractivity contribution in [2.45, 2.75) is 312 Å². The van der Waals surface area contributed by atoms with Crippen LogP contribution >= 0.6 is 0 Å². The van der Waals surface area contributed by atoms with Crippen LogP contribution in [0.3, 0.4) is 0 Å². The van der Waals surface area contributed by atoms with E-state index in [1.54, 1.807) is 0 Å². The fourth-order valence-electron chi connectivity index (χ4n) is 31.4. The van der Waals surface area contributed by atoms with Gasteiger partial charge < -0.3 is 0 Å². The third kappa shape index (κ3) is 19.8.